The first-order valence-electron chi connectivity index (χ1n) is 7.41. The predicted molar refractivity (Wildman–Crippen MR) is 77.8 cm³/mol. The topological polar surface area (TPSA) is 47.3 Å². The molecule has 3 rings (SSSR count). The van der Waals surface area contributed by atoms with Gasteiger partial charge in [0.2, 0.25) is 0 Å². The Bertz CT molecular complexity index is 704. The van der Waals surface area contributed by atoms with Gasteiger partial charge < -0.3 is 4.90 Å². The second-order valence-electron chi connectivity index (χ2n) is 6.18. The zero-order valence-corrected chi connectivity index (χ0v) is 12.8. The maximum absolute atomic E-state index is 13.1. The Balaban J connectivity index is 2.06. The average molecular weight is 323 g/mol. The quantitative estimate of drug-likeness (QED) is 0.790. The van der Waals surface area contributed by atoms with Gasteiger partial charge in [-0.05, 0) is 44.4 Å². The third kappa shape index (κ3) is 2.08. The number of urea groups is 1. The van der Waals surface area contributed by atoms with Crippen molar-refractivity contribution in [3.05, 3.63) is 29.3 Å². The average Bonchev–Trinajstić information content (AvgIpc) is 2.64. The molecular weight excluding hydrogens is 307 g/mol. The number of halogens is 3. The summed E-state index contributed by atoms with van der Waals surface area (Å²) in [5.41, 5.74) is -1.55. The Morgan fingerprint density at radius 2 is 2.00 bits per heavy atom. The van der Waals surface area contributed by atoms with E-state index >= 15 is 0 Å². The molecule has 2 amide bonds. The van der Waals surface area contributed by atoms with E-state index in [1.165, 1.54) is 11.0 Å². The minimum Gasteiger partial charge on any atom is -0.320 e. The maximum Gasteiger partial charge on any atom is 0.417 e. The van der Waals surface area contributed by atoms with Gasteiger partial charge in [0.15, 0.2) is 0 Å². The molecule has 2 fully saturated rings. The van der Waals surface area contributed by atoms with Gasteiger partial charge in [-0.1, -0.05) is 0 Å². The van der Waals surface area contributed by atoms with E-state index in [0.29, 0.717) is 0 Å². The highest BCUT2D eigenvalue weighted by Gasteiger charge is 2.57. The molecule has 1 aromatic carbocycles. The van der Waals surface area contributed by atoms with Crippen LogP contribution in [0.1, 0.15) is 37.3 Å². The summed E-state index contributed by atoms with van der Waals surface area (Å²) in [7, 11) is 1.70. The summed E-state index contributed by atoms with van der Waals surface area (Å²) < 4.78 is 39.4. The molecule has 7 heteroatoms. The van der Waals surface area contributed by atoms with Crippen LogP contribution in [0.25, 0.3) is 0 Å². The molecule has 1 aliphatic heterocycles. The Hall–Kier alpha value is -2.23. The van der Waals surface area contributed by atoms with Crippen LogP contribution in [0.4, 0.5) is 23.7 Å². The third-order valence-electron chi connectivity index (χ3n) is 5.25. The predicted octanol–water partition coefficient (Wildman–Crippen LogP) is 3.76. The van der Waals surface area contributed by atoms with E-state index in [-0.39, 0.29) is 23.3 Å². The number of rotatable bonds is 1. The van der Waals surface area contributed by atoms with Gasteiger partial charge in [-0.3, -0.25) is 4.90 Å². The van der Waals surface area contributed by atoms with Crippen LogP contribution >= 0.6 is 0 Å². The van der Waals surface area contributed by atoms with E-state index in [4.69, 9.17) is 5.26 Å². The fourth-order valence-corrected chi connectivity index (χ4v) is 3.68. The highest BCUT2D eigenvalue weighted by atomic mass is 19.4. The molecule has 0 radical (unpaired) electrons. The lowest BCUT2D eigenvalue weighted by Gasteiger charge is -2.46. The molecule has 1 saturated heterocycles. The van der Waals surface area contributed by atoms with Crippen LogP contribution in [0.15, 0.2) is 18.2 Å². The lowest BCUT2D eigenvalue weighted by molar-refractivity contribution is -0.137. The van der Waals surface area contributed by atoms with Crippen molar-refractivity contribution in [1.82, 2.24) is 4.90 Å². The molecular formula is C16H16F3N3O. The fourth-order valence-electron chi connectivity index (χ4n) is 3.68. The number of nitriles is 1. The highest BCUT2D eigenvalue weighted by molar-refractivity contribution is 5.96. The fraction of sp³-hybridized carbons (Fsp3) is 0.500. The van der Waals surface area contributed by atoms with E-state index < -0.39 is 17.3 Å². The molecule has 1 saturated carbocycles. The van der Waals surface area contributed by atoms with Crippen LogP contribution < -0.4 is 4.90 Å². The van der Waals surface area contributed by atoms with Gasteiger partial charge in [0.05, 0.1) is 28.8 Å². The number of amides is 2. The molecule has 1 atom stereocenters. The second kappa shape index (κ2) is 4.88. The van der Waals surface area contributed by atoms with E-state index in [9.17, 15) is 18.0 Å². The van der Waals surface area contributed by atoms with Crippen molar-refractivity contribution >= 4 is 11.7 Å². The number of carbonyl (C=O) groups is 1. The lowest BCUT2D eigenvalue weighted by atomic mass is 9.72. The van der Waals surface area contributed by atoms with Gasteiger partial charge in [-0.25, -0.2) is 4.79 Å². The first-order valence-corrected chi connectivity index (χ1v) is 7.41. The standard InChI is InChI=1S/C16H16F3N3O/c1-10-15(6-3-7-15)21(2)14(23)22(10)12-5-4-11(9-20)13(8-12)16(17,18)19/h4-5,8,10H,3,6-7H2,1-2H3. The van der Waals surface area contributed by atoms with Crippen LogP contribution in [0, 0.1) is 11.3 Å². The molecule has 0 bridgehead atoms. The summed E-state index contributed by atoms with van der Waals surface area (Å²) in [4.78, 5) is 15.6. The van der Waals surface area contributed by atoms with Crippen molar-refractivity contribution in [3.63, 3.8) is 0 Å². The molecule has 1 spiro atoms. The van der Waals surface area contributed by atoms with E-state index in [1.807, 2.05) is 6.92 Å². The van der Waals surface area contributed by atoms with Gasteiger partial charge >= 0.3 is 12.2 Å². The minimum absolute atomic E-state index is 0.185. The molecule has 2 aliphatic rings. The summed E-state index contributed by atoms with van der Waals surface area (Å²) in [6.45, 7) is 1.87. The maximum atomic E-state index is 13.1. The SMILES string of the molecule is CC1N(c2ccc(C#N)c(C(F)(F)F)c2)C(=O)N(C)C12CCC2. The zero-order valence-electron chi connectivity index (χ0n) is 12.8. The Labute approximate surface area is 132 Å². The smallest absolute Gasteiger partial charge is 0.320 e. The van der Waals surface area contributed by atoms with Crippen molar-refractivity contribution in [2.24, 2.45) is 0 Å². The van der Waals surface area contributed by atoms with E-state index in [2.05, 4.69) is 0 Å². The number of likely N-dealkylation sites (N-methyl/N-ethyl adjacent to an activating group) is 1. The lowest BCUT2D eigenvalue weighted by Crippen LogP contribution is -2.54. The molecule has 1 heterocycles. The first-order chi connectivity index (χ1) is 10.7. The summed E-state index contributed by atoms with van der Waals surface area (Å²) in [6.07, 6.45) is -1.91. The Kier molecular flexibility index (Phi) is 3.32. The van der Waals surface area contributed by atoms with Crippen LogP contribution in [0.3, 0.4) is 0 Å². The molecule has 1 aromatic rings. The van der Waals surface area contributed by atoms with Crippen molar-refractivity contribution < 1.29 is 18.0 Å². The van der Waals surface area contributed by atoms with Crippen molar-refractivity contribution in [2.75, 3.05) is 11.9 Å². The number of hydrogen-bond donors (Lipinski definition) is 0. The molecule has 0 N–H and O–H groups in total. The summed E-state index contributed by atoms with van der Waals surface area (Å²) >= 11 is 0. The zero-order chi connectivity index (χ0) is 17.0. The third-order valence-corrected chi connectivity index (χ3v) is 5.25. The Morgan fingerprint density at radius 3 is 2.43 bits per heavy atom. The Morgan fingerprint density at radius 1 is 1.35 bits per heavy atom. The largest absolute Gasteiger partial charge is 0.417 e. The van der Waals surface area contributed by atoms with Crippen LogP contribution in [-0.4, -0.2) is 29.6 Å². The van der Waals surface area contributed by atoms with E-state index in [0.717, 1.165) is 31.4 Å². The molecule has 0 aromatic heterocycles. The normalized spacial score (nSPS) is 23.1. The van der Waals surface area contributed by atoms with Crippen LogP contribution in [-0.2, 0) is 6.18 Å². The van der Waals surface area contributed by atoms with Crippen LogP contribution in [0.2, 0.25) is 0 Å². The number of hydrogen-bond acceptors (Lipinski definition) is 2. The van der Waals surface area contributed by atoms with Gasteiger partial charge in [0.25, 0.3) is 0 Å². The summed E-state index contributed by atoms with van der Waals surface area (Å²) in [5.74, 6) is 0. The molecule has 1 unspecified atom stereocenters. The molecule has 23 heavy (non-hydrogen) atoms. The van der Waals surface area contributed by atoms with Crippen LogP contribution in [0.5, 0.6) is 0 Å². The van der Waals surface area contributed by atoms with Crippen molar-refractivity contribution in [3.8, 4) is 6.07 Å². The number of alkyl halides is 3. The first kappa shape index (κ1) is 15.7. The number of anilines is 1. The number of nitrogens with zero attached hydrogens (tertiary/aromatic N) is 3. The summed E-state index contributed by atoms with van der Waals surface area (Å²) in [6, 6.07) is 4.49. The van der Waals surface area contributed by atoms with Gasteiger partial charge in [-0.2, -0.15) is 18.4 Å². The number of benzene rings is 1. The molecule has 4 nitrogen and oxygen atoms in total. The van der Waals surface area contributed by atoms with Crippen molar-refractivity contribution in [2.45, 2.75) is 43.9 Å². The monoisotopic (exact) mass is 323 g/mol. The highest BCUT2D eigenvalue weighted by Crippen LogP contribution is 2.48. The van der Waals surface area contributed by atoms with Gasteiger partial charge in [0.1, 0.15) is 0 Å². The van der Waals surface area contributed by atoms with E-state index in [1.54, 1.807) is 18.0 Å². The minimum atomic E-state index is -4.63. The second-order valence-corrected chi connectivity index (χ2v) is 6.18. The number of carbonyl (C=O) groups excluding carboxylic acids is 1. The van der Waals surface area contributed by atoms with Gasteiger partial charge in [-0.15, -0.1) is 0 Å². The molecule has 122 valence electrons. The van der Waals surface area contributed by atoms with Gasteiger partial charge in [0, 0.05) is 12.7 Å². The summed E-state index contributed by atoms with van der Waals surface area (Å²) in [5, 5.41) is 8.88. The van der Waals surface area contributed by atoms with Crippen molar-refractivity contribution in [1.29, 1.82) is 5.26 Å². The molecule has 1 aliphatic carbocycles.